The molecule has 1 aliphatic rings. The van der Waals surface area contributed by atoms with E-state index >= 15 is 0 Å². The largest absolute Gasteiger partial charge is 0.481 e. The Labute approximate surface area is 119 Å². The molecule has 0 aliphatic heterocycles. The first kappa shape index (κ1) is 16.5. The van der Waals surface area contributed by atoms with Crippen LogP contribution in [0.1, 0.15) is 90.9 Å². The summed E-state index contributed by atoms with van der Waals surface area (Å²) in [7, 11) is 0. The number of carboxylic acids is 1. The minimum atomic E-state index is -0.533. The highest BCUT2D eigenvalue weighted by Gasteiger charge is 2.44. The van der Waals surface area contributed by atoms with Crippen LogP contribution in [0, 0.1) is 11.3 Å². The predicted molar refractivity (Wildman–Crippen MR) is 80.3 cm³/mol. The lowest BCUT2D eigenvalue weighted by Crippen LogP contribution is -2.28. The van der Waals surface area contributed by atoms with E-state index in [0.29, 0.717) is 5.92 Å². The molecule has 0 aromatic heterocycles. The van der Waals surface area contributed by atoms with Gasteiger partial charge in [0.1, 0.15) is 0 Å². The summed E-state index contributed by atoms with van der Waals surface area (Å²) in [6.45, 7) is 4.43. The monoisotopic (exact) mass is 268 g/mol. The molecule has 0 aromatic rings. The van der Waals surface area contributed by atoms with Crippen LogP contribution in [0.15, 0.2) is 0 Å². The van der Waals surface area contributed by atoms with Crippen molar-refractivity contribution < 1.29 is 9.90 Å². The van der Waals surface area contributed by atoms with Crippen molar-refractivity contribution >= 4 is 5.97 Å². The minimum Gasteiger partial charge on any atom is -0.481 e. The van der Waals surface area contributed by atoms with Crippen molar-refractivity contribution in [2.75, 3.05) is 0 Å². The summed E-state index contributed by atoms with van der Waals surface area (Å²) in [6, 6.07) is 0. The number of carboxylic acid groups (broad SMARTS) is 1. The second-order valence-corrected chi connectivity index (χ2v) is 6.47. The van der Waals surface area contributed by atoms with E-state index in [1.165, 1.54) is 38.5 Å². The maximum Gasteiger partial charge on any atom is 0.309 e. The van der Waals surface area contributed by atoms with Gasteiger partial charge in [-0.2, -0.15) is 0 Å². The van der Waals surface area contributed by atoms with Crippen LogP contribution in [0.2, 0.25) is 0 Å². The minimum absolute atomic E-state index is 0.371. The van der Waals surface area contributed by atoms with Gasteiger partial charge in [0.2, 0.25) is 0 Å². The first-order valence-corrected chi connectivity index (χ1v) is 8.38. The maximum atomic E-state index is 11.6. The van der Waals surface area contributed by atoms with Gasteiger partial charge in [0.25, 0.3) is 0 Å². The zero-order chi connectivity index (χ0) is 14.1. The van der Waals surface area contributed by atoms with Crippen molar-refractivity contribution in [1.29, 1.82) is 0 Å². The molecule has 0 aromatic carbocycles. The summed E-state index contributed by atoms with van der Waals surface area (Å²) >= 11 is 0. The molecule has 19 heavy (non-hydrogen) atoms. The van der Waals surface area contributed by atoms with Gasteiger partial charge < -0.3 is 5.11 Å². The van der Waals surface area contributed by atoms with E-state index in [-0.39, 0.29) is 5.41 Å². The molecule has 112 valence electrons. The number of rotatable bonds is 10. The van der Waals surface area contributed by atoms with Crippen LogP contribution in [-0.4, -0.2) is 11.1 Å². The van der Waals surface area contributed by atoms with Crippen LogP contribution >= 0.6 is 0 Å². The number of hydrogen-bond acceptors (Lipinski definition) is 1. The molecule has 0 bridgehead atoms. The average molecular weight is 268 g/mol. The Hall–Kier alpha value is -0.530. The fourth-order valence-corrected chi connectivity index (χ4v) is 3.53. The molecule has 1 aliphatic carbocycles. The van der Waals surface area contributed by atoms with Gasteiger partial charge in [0.05, 0.1) is 5.41 Å². The third kappa shape index (κ3) is 5.16. The topological polar surface area (TPSA) is 37.3 Å². The summed E-state index contributed by atoms with van der Waals surface area (Å²) in [5.74, 6) is 0.120. The third-order valence-corrected chi connectivity index (χ3v) is 5.00. The zero-order valence-corrected chi connectivity index (χ0v) is 12.9. The highest BCUT2D eigenvalue weighted by molar-refractivity contribution is 5.75. The molecule has 2 atom stereocenters. The molecule has 0 amide bonds. The second kappa shape index (κ2) is 8.60. The Morgan fingerprint density at radius 1 is 1.11 bits per heavy atom. The molecule has 1 N–H and O–H groups in total. The van der Waals surface area contributed by atoms with Crippen LogP contribution < -0.4 is 0 Å². The van der Waals surface area contributed by atoms with Crippen molar-refractivity contribution in [3.63, 3.8) is 0 Å². The lowest BCUT2D eigenvalue weighted by molar-refractivity contribution is -0.149. The molecule has 1 rings (SSSR count). The Morgan fingerprint density at radius 3 is 2.26 bits per heavy atom. The predicted octanol–water partition coefficient (Wildman–Crippen LogP) is 5.41. The summed E-state index contributed by atoms with van der Waals surface area (Å²) in [4.78, 5) is 11.6. The molecule has 0 radical (unpaired) electrons. The molecule has 0 heterocycles. The normalized spacial score (nSPS) is 26.7. The van der Waals surface area contributed by atoms with Crippen LogP contribution in [0.25, 0.3) is 0 Å². The van der Waals surface area contributed by atoms with Gasteiger partial charge in [-0.25, -0.2) is 0 Å². The molecule has 2 heteroatoms. The van der Waals surface area contributed by atoms with Gasteiger partial charge in [-0.3, -0.25) is 4.79 Å². The fraction of sp³-hybridized carbons (Fsp3) is 0.941. The van der Waals surface area contributed by atoms with E-state index in [9.17, 15) is 9.90 Å². The van der Waals surface area contributed by atoms with Gasteiger partial charge in [0, 0.05) is 0 Å². The number of aliphatic carboxylic acids is 1. The summed E-state index contributed by atoms with van der Waals surface area (Å²) < 4.78 is 0. The quantitative estimate of drug-likeness (QED) is 0.538. The van der Waals surface area contributed by atoms with E-state index in [0.717, 1.165) is 38.5 Å². The summed E-state index contributed by atoms with van der Waals surface area (Å²) in [5, 5.41) is 9.55. The SMILES string of the molecule is CCCCCCCCCC1(C(=O)O)CCC(CC)C1. The maximum absolute atomic E-state index is 11.6. The first-order chi connectivity index (χ1) is 9.14. The summed E-state index contributed by atoms with van der Waals surface area (Å²) in [6.07, 6.45) is 13.9. The van der Waals surface area contributed by atoms with Crippen molar-refractivity contribution in [2.45, 2.75) is 90.9 Å². The molecule has 1 fully saturated rings. The molecule has 0 saturated heterocycles. The van der Waals surface area contributed by atoms with Crippen LogP contribution in [0.4, 0.5) is 0 Å². The average Bonchev–Trinajstić information content (AvgIpc) is 2.83. The Balaban J connectivity index is 2.22. The van der Waals surface area contributed by atoms with E-state index in [4.69, 9.17) is 0 Å². The van der Waals surface area contributed by atoms with Gasteiger partial charge in [-0.05, 0) is 31.6 Å². The smallest absolute Gasteiger partial charge is 0.309 e. The lowest BCUT2D eigenvalue weighted by Gasteiger charge is -2.24. The van der Waals surface area contributed by atoms with E-state index in [1.54, 1.807) is 0 Å². The second-order valence-electron chi connectivity index (χ2n) is 6.47. The van der Waals surface area contributed by atoms with Gasteiger partial charge >= 0.3 is 5.97 Å². The standard InChI is InChI=1S/C17H32O2/c1-3-5-6-7-8-9-10-12-17(16(18)19)13-11-15(4-2)14-17/h15H,3-14H2,1-2H3,(H,18,19). The molecule has 0 spiro atoms. The molecular weight excluding hydrogens is 236 g/mol. The van der Waals surface area contributed by atoms with Crippen LogP contribution in [-0.2, 0) is 4.79 Å². The van der Waals surface area contributed by atoms with Crippen molar-refractivity contribution in [3.8, 4) is 0 Å². The lowest BCUT2D eigenvalue weighted by atomic mass is 9.80. The van der Waals surface area contributed by atoms with Crippen molar-refractivity contribution in [3.05, 3.63) is 0 Å². The third-order valence-electron chi connectivity index (χ3n) is 5.00. The van der Waals surface area contributed by atoms with E-state index in [1.807, 2.05) is 0 Å². The molecule has 1 saturated carbocycles. The van der Waals surface area contributed by atoms with Gasteiger partial charge in [-0.1, -0.05) is 65.2 Å². The fourth-order valence-electron chi connectivity index (χ4n) is 3.53. The summed E-state index contributed by atoms with van der Waals surface area (Å²) in [5.41, 5.74) is -0.371. The van der Waals surface area contributed by atoms with Crippen LogP contribution in [0.5, 0.6) is 0 Å². The van der Waals surface area contributed by atoms with Crippen LogP contribution in [0.3, 0.4) is 0 Å². The van der Waals surface area contributed by atoms with Crippen molar-refractivity contribution in [2.24, 2.45) is 11.3 Å². The van der Waals surface area contributed by atoms with Gasteiger partial charge in [-0.15, -0.1) is 0 Å². The highest BCUT2D eigenvalue weighted by Crippen LogP contribution is 2.46. The van der Waals surface area contributed by atoms with E-state index < -0.39 is 5.97 Å². The number of hydrogen-bond donors (Lipinski definition) is 1. The Kier molecular flexibility index (Phi) is 7.48. The first-order valence-electron chi connectivity index (χ1n) is 8.38. The molecule has 2 unspecified atom stereocenters. The molecule has 2 nitrogen and oxygen atoms in total. The number of carbonyl (C=O) groups is 1. The molecular formula is C17H32O2. The Morgan fingerprint density at radius 2 is 1.74 bits per heavy atom. The van der Waals surface area contributed by atoms with E-state index in [2.05, 4.69) is 13.8 Å². The Bertz CT molecular complexity index is 262. The number of unbranched alkanes of at least 4 members (excludes halogenated alkanes) is 6. The van der Waals surface area contributed by atoms with Gasteiger partial charge in [0.15, 0.2) is 0 Å². The van der Waals surface area contributed by atoms with Crippen molar-refractivity contribution in [1.82, 2.24) is 0 Å². The zero-order valence-electron chi connectivity index (χ0n) is 12.9. The highest BCUT2D eigenvalue weighted by atomic mass is 16.4.